The van der Waals surface area contributed by atoms with Gasteiger partial charge in [0.05, 0.1) is 6.61 Å². The van der Waals surface area contributed by atoms with E-state index in [1.165, 1.54) is 5.56 Å². The van der Waals surface area contributed by atoms with Gasteiger partial charge < -0.3 is 15.0 Å². The van der Waals surface area contributed by atoms with Crippen LogP contribution in [0.3, 0.4) is 0 Å². The minimum absolute atomic E-state index is 0.472. The summed E-state index contributed by atoms with van der Waals surface area (Å²) in [5, 5.41) is 3.47. The molecule has 5 heteroatoms. The third-order valence-electron chi connectivity index (χ3n) is 3.13. The van der Waals surface area contributed by atoms with Gasteiger partial charge in [0, 0.05) is 48.5 Å². The van der Waals surface area contributed by atoms with Crippen molar-refractivity contribution in [3.05, 3.63) is 22.3 Å². The molecule has 19 heavy (non-hydrogen) atoms. The Morgan fingerprint density at radius 3 is 3.05 bits per heavy atom. The lowest BCUT2D eigenvalue weighted by Crippen LogP contribution is -2.30. The van der Waals surface area contributed by atoms with Gasteiger partial charge in [-0.15, -0.1) is 0 Å². The summed E-state index contributed by atoms with van der Waals surface area (Å²) in [6.07, 6.45) is 2.94. The van der Waals surface area contributed by atoms with Gasteiger partial charge in [-0.2, -0.15) is 0 Å². The Morgan fingerprint density at radius 2 is 2.26 bits per heavy atom. The van der Waals surface area contributed by atoms with Crippen molar-refractivity contribution >= 4 is 21.7 Å². The third kappa shape index (κ3) is 4.44. The monoisotopic (exact) mass is 327 g/mol. The first-order chi connectivity index (χ1) is 9.16. The lowest BCUT2D eigenvalue weighted by atomic mass is 10.2. The molecule has 0 bridgehead atoms. The Hall–Kier alpha value is -0.650. The van der Waals surface area contributed by atoms with Crippen LogP contribution in [0.5, 0.6) is 0 Å². The van der Waals surface area contributed by atoms with Gasteiger partial charge in [-0.05, 0) is 28.4 Å². The van der Waals surface area contributed by atoms with E-state index in [-0.39, 0.29) is 0 Å². The van der Waals surface area contributed by atoms with E-state index in [4.69, 9.17) is 4.74 Å². The number of nitrogens with one attached hydrogen (secondary N) is 1. The van der Waals surface area contributed by atoms with Crippen molar-refractivity contribution in [1.29, 1.82) is 0 Å². The van der Waals surface area contributed by atoms with Crippen molar-refractivity contribution in [2.24, 2.45) is 0 Å². The van der Waals surface area contributed by atoms with Crippen LogP contribution in [0.1, 0.15) is 25.8 Å². The molecule has 0 radical (unpaired) electrons. The number of aromatic nitrogens is 1. The minimum Gasteiger partial charge on any atom is -0.380 e. The largest absolute Gasteiger partial charge is 0.380 e. The summed E-state index contributed by atoms with van der Waals surface area (Å²) in [5.74, 6) is 1.09. The molecule has 2 rings (SSSR count). The van der Waals surface area contributed by atoms with Crippen LogP contribution in [0.2, 0.25) is 0 Å². The summed E-state index contributed by atoms with van der Waals surface area (Å²) in [5.41, 5.74) is 1.24. The SMILES string of the molecule is CC(C)NCc1cc(Br)cnc1N1CCCOCC1. The average molecular weight is 328 g/mol. The predicted molar refractivity (Wildman–Crippen MR) is 81.6 cm³/mol. The van der Waals surface area contributed by atoms with Crippen LogP contribution >= 0.6 is 15.9 Å². The van der Waals surface area contributed by atoms with Gasteiger partial charge >= 0.3 is 0 Å². The highest BCUT2D eigenvalue weighted by atomic mass is 79.9. The smallest absolute Gasteiger partial charge is 0.133 e. The molecule has 1 aliphatic heterocycles. The van der Waals surface area contributed by atoms with Crippen LogP contribution < -0.4 is 10.2 Å². The molecule has 106 valence electrons. The zero-order chi connectivity index (χ0) is 13.7. The maximum Gasteiger partial charge on any atom is 0.133 e. The van der Waals surface area contributed by atoms with Crippen molar-refractivity contribution in [3.63, 3.8) is 0 Å². The fraction of sp³-hybridized carbons (Fsp3) is 0.643. The first-order valence-electron chi connectivity index (χ1n) is 6.87. The van der Waals surface area contributed by atoms with Crippen LogP contribution in [0, 0.1) is 0 Å². The zero-order valence-corrected chi connectivity index (χ0v) is 13.2. The highest BCUT2D eigenvalue weighted by Gasteiger charge is 2.15. The van der Waals surface area contributed by atoms with Crippen molar-refractivity contribution in [2.75, 3.05) is 31.2 Å². The summed E-state index contributed by atoms with van der Waals surface area (Å²) in [7, 11) is 0. The second-order valence-corrected chi connectivity index (χ2v) is 6.04. The number of rotatable bonds is 4. The van der Waals surface area contributed by atoms with E-state index in [2.05, 4.69) is 51.0 Å². The van der Waals surface area contributed by atoms with Crippen molar-refractivity contribution < 1.29 is 4.74 Å². The summed E-state index contributed by atoms with van der Waals surface area (Å²) < 4.78 is 6.54. The fourth-order valence-electron chi connectivity index (χ4n) is 2.16. The number of nitrogens with zero attached hydrogens (tertiary/aromatic N) is 2. The van der Waals surface area contributed by atoms with Gasteiger partial charge in [0.15, 0.2) is 0 Å². The molecule has 1 aromatic rings. The molecule has 0 unspecified atom stereocenters. The van der Waals surface area contributed by atoms with E-state index in [1.54, 1.807) is 0 Å². The molecule has 1 aliphatic rings. The fourth-order valence-corrected chi connectivity index (χ4v) is 2.54. The molecule has 0 amide bonds. The van der Waals surface area contributed by atoms with E-state index in [0.29, 0.717) is 6.04 Å². The number of hydrogen-bond acceptors (Lipinski definition) is 4. The molecule has 0 aromatic carbocycles. The molecule has 0 saturated carbocycles. The molecular weight excluding hydrogens is 306 g/mol. The van der Waals surface area contributed by atoms with E-state index in [0.717, 1.165) is 49.6 Å². The van der Waals surface area contributed by atoms with Crippen LogP contribution in [0.15, 0.2) is 16.7 Å². The molecule has 1 N–H and O–H groups in total. The van der Waals surface area contributed by atoms with Gasteiger partial charge in [0.2, 0.25) is 0 Å². The van der Waals surface area contributed by atoms with E-state index < -0.39 is 0 Å². The average Bonchev–Trinajstić information content (AvgIpc) is 2.65. The second kappa shape index (κ2) is 7.22. The molecule has 0 spiro atoms. The molecule has 4 nitrogen and oxygen atoms in total. The highest BCUT2D eigenvalue weighted by molar-refractivity contribution is 9.10. The Bertz CT molecular complexity index is 404. The summed E-state index contributed by atoms with van der Waals surface area (Å²) >= 11 is 3.51. The maximum absolute atomic E-state index is 5.51. The Kier molecular flexibility index (Phi) is 5.60. The summed E-state index contributed by atoms with van der Waals surface area (Å²) in [6.45, 7) is 8.74. The van der Waals surface area contributed by atoms with Crippen LogP contribution in [0.4, 0.5) is 5.82 Å². The number of hydrogen-bond donors (Lipinski definition) is 1. The first kappa shape index (κ1) is 14.8. The lowest BCUT2D eigenvalue weighted by molar-refractivity contribution is 0.152. The van der Waals surface area contributed by atoms with E-state index in [1.807, 2.05) is 6.20 Å². The molecule has 0 atom stereocenters. The number of anilines is 1. The number of ether oxygens (including phenoxy) is 1. The van der Waals surface area contributed by atoms with E-state index in [9.17, 15) is 0 Å². The lowest BCUT2D eigenvalue weighted by Gasteiger charge is -2.24. The topological polar surface area (TPSA) is 37.4 Å². The third-order valence-corrected chi connectivity index (χ3v) is 3.57. The molecular formula is C14H22BrN3O. The molecule has 1 aromatic heterocycles. The number of halogens is 1. The predicted octanol–water partition coefficient (Wildman–Crippen LogP) is 2.57. The van der Waals surface area contributed by atoms with Crippen LogP contribution in [-0.4, -0.2) is 37.3 Å². The molecule has 1 saturated heterocycles. The van der Waals surface area contributed by atoms with Crippen molar-refractivity contribution in [1.82, 2.24) is 10.3 Å². The van der Waals surface area contributed by atoms with Crippen LogP contribution in [-0.2, 0) is 11.3 Å². The van der Waals surface area contributed by atoms with Gasteiger partial charge in [0.25, 0.3) is 0 Å². The quantitative estimate of drug-likeness (QED) is 0.922. The van der Waals surface area contributed by atoms with Crippen molar-refractivity contribution in [3.8, 4) is 0 Å². The minimum atomic E-state index is 0.472. The van der Waals surface area contributed by atoms with Crippen molar-refractivity contribution in [2.45, 2.75) is 32.9 Å². The zero-order valence-electron chi connectivity index (χ0n) is 11.7. The summed E-state index contributed by atoms with van der Waals surface area (Å²) in [6, 6.07) is 2.63. The Morgan fingerprint density at radius 1 is 1.42 bits per heavy atom. The standard InChI is InChI=1S/C14H22BrN3O/c1-11(2)16-9-12-8-13(15)10-17-14(12)18-4-3-6-19-7-5-18/h8,10-11,16H,3-7,9H2,1-2H3. The summed E-state index contributed by atoms with van der Waals surface area (Å²) in [4.78, 5) is 6.94. The Balaban J connectivity index is 2.17. The Labute approximate surface area is 123 Å². The highest BCUT2D eigenvalue weighted by Crippen LogP contribution is 2.22. The van der Waals surface area contributed by atoms with Gasteiger partial charge in [-0.3, -0.25) is 0 Å². The second-order valence-electron chi connectivity index (χ2n) is 5.12. The first-order valence-corrected chi connectivity index (χ1v) is 7.66. The van der Waals surface area contributed by atoms with Gasteiger partial charge in [-0.25, -0.2) is 4.98 Å². The van der Waals surface area contributed by atoms with E-state index >= 15 is 0 Å². The molecule has 1 fully saturated rings. The number of pyridine rings is 1. The van der Waals surface area contributed by atoms with Gasteiger partial charge in [-0.1, -0.05) is 13.8 Å². The normalized spacial score (nSPS) is 16.7. The maximum atomic E-state index is 5.51. The van der Waals surface area contributed by atoms with Gasteiger partial charge in [0.1, 0.15) is 5.82 Å². The molecule has 0 aliphatic carbocycles. The van der Waals surface area contributed by atoms with Crippen LogP contribution in [0.25, 0.3) is 0 Å². The molecule has 2 heterocycles.